The number of ether oxygens (including phenoxy) is 1. The lowest BCUT2D eigenvalue weighted by Crippen LogP contribution is -2.51. The Morgan fingerprint density at radius 1 is 1.14 bits per heavy atom. The Morgan fingerprint density at radius 2 is 1.76 bits per heavy atom. The maximum Gasteiger partial charge on any atom is 0.0885 e. The minimum Gasteiger partial charge on any atom is -0.376 e. The van der Waals surface area contributed by atoms with Gasteiger partial charge in [-0.25, -0.2) is 0 Å². The average Bonchev–Trinajstić information content (AvgIpc) is 2.45. The summed E-state index contributed by atoms with van der Waals surface area (Å²) >= 11 is 0. The first-order valence-electron chi connectivity index (χ1n) is 7.92. The van der Waals surface area contributed by atoms with Crippen molar-refractivity contribution in [2.45, 2.75) is 65.0 Å². The highest BCUT2D eigenvalue weighted by atomic mass is 16.5. The van der Waals surface area contributed by atoms with E-state index in [-0.39, 0.29) is 11.6 Å². The maximum absolute atomic E-state index is 6.03. The summed E-state index contributed by atoms with van der Waals surface area (Å²) in [6.07, 6.45) is 4.42. The summed E-state index contributed by atoms with van der Waals surface area (Å²) in [6.45, 7) is 8.96. The summed E-state index contributed by atoms with van der Waals surface area (Å²) in [7, 11) is 1.83. The Morgan fingerprint density at radius 3 is 2.29 bits per heavy atom. The molecule has 0 heterocycles. The van der Waals surface area contributed by atoms with E-state index in [2.05, 4.69) is 51.3 Å². The number of hydrazine groups is 1. The lowest BCUT2D eigenvalue weighted by Gasteiger charge is -2.47. The monoisotopic (exact) mass is 290 g/mol. The Bertz CT molecular complexity index is 486. The van der Waals surface area contributed by atoms with Crippen molar-refractivity contribution in [1.29, 1.82) is 0 Å². The van der Waals surface area contributed by atoms with Gasteiger partial charge in [-0.3, -0.25) is 11.3 Å². The van der Waals surface area contributed by atoms with Gasteiger partial charge in [-0.1, -0.05) is 37.6 Å². The molecule has 1 aromatic carbocycles. The number of hydrogen-bond acceptors (Lipinski definition) is 3. The second-order valence-electron chi connectivity index (χ2n) is 7.39. The summed E-state index contributed by atoms with van der Waals surface area (Å²) < 4.78 is 6.03. The normalized spacial score (nSPS) is 22.0. The minimum absolute atomic E-state index is 0.0403. The largest absolute Gasteiger partial charge is 0.376 e. The fourth-order valence-electron chi connectivity index (χ4n) is 3.56. The molecular weight excluding hydrogens is 260 g/mol. The van der Waals surface area contributed by atoms with Gasteiger partial charge in [0, 0.05) is 7.11 Å². The van der Waals surface area contributed by atoms with E-state index < -0.39 is 0 Å². The van der Waals surface area contributed by atoms with Gasteiger partial charge < -0.3 is 4.74 Å². The Kier molecular flexibility index (Phi) is 4.76. The molecule has 0 spiro atoms. The van der Waals surface area contributed by atoms with Crippen molar-refractivity contribution in [3.63, 3.8) is 0 Å². The van der Waals surface area contributed by atoms with Gasteiger partial charge in [0.05, 0.1) is 11.6 Å². The molecule has 1 saturated carbocycles. The zero-order valence-corrected chi connectivity index (χ0v) is 14.1. The lowest BCUT2D eigenvalue weighted by atomic mass is 9.67. The molecule has 2 rings (SSSR count). The first kappa shape index (κ1) is 16.5. The Hall–Kier alpha value is -0.900. The van der Waals surface area contributed by atoms with Crippen molar-refractivity contribution in [2.24, 2.45) is 11.3 Å². The standard InChI is InChI=1S/C18H30N2O/c1-13-6-7-14(2)15(12-13)16(20-19)18(21-5)10-8-17(3,4)9-11-18/h6-7,12,16,20H,8-11,19H2,1-5H3. The topological polar surface area (TPSA) is 47.3 Å². The third kappa shape index (κ3) is 3.31. The maximum atomic E-state index is 6.03. The van der Waals surface area contributed by atoms with Crippen LogP contribution in [-0.4, -0.2) is 12.7 Å². The summed E-state index contributed by atoms with van der Waals surface area (Å²) in [5.41, 5.74) is 7.04. The van der Waals surface area contributed by atoms with E-state index in [0.29, 0.717) is 5.41 Å². The highest BCUT2D eigenvalue weighted by molar-refractivity contribution is 5.35. The molecule has 118 valence electrons. The molecule has 1 unspecified atom stereocenters. The molecule has 1 aliphatic rings. The van der Waals surface area contributed by atoms with Crippen LogP contribution in [0, 0.1) is 19.3 Å². The van der Waals surface area contributed by atoms with Crippen LogP contribution in [-0.2, 0) is 4.74 Å². The van der Waals surface area contributed by atoms with Crippen molar-refractivity contribution >= 4 is 0 Å². The number of nitrogens with one attached hydrogen (secondary N) is 1. The molecule has 0 aromatic heterocycles. The predicted octanol–water partition coefficient (Wildman–Crippen LogP) is 3.79. The molecule has 3 N–H and O–H groups in total. The molecule has 0 radical (unpaired) electrons. The number of nitrogens with two attached hydrogens (primary N) is 1. The van der Waals surface area contributed by atoms with E-state index >= 15 is 0 Å². The van der Waals surface area contributed by atoms with Crippen molar-refractivity contribution in [2.75, 3.05) is 7.11 Å². The fraction of sp³-hybridized carbons (Fsp3) is 0.667. The van der Waals surface area contributed by atoms with E-state index in [1.165, 1.54) is 29.5 Å². The second-order valence-corrected chi connectivity index (χ2v) is 7.39. The SMILES string of the molecule is COC1(C(NN)c2cc(C)ccc2C)CCC(C)(C)CC1. The molecule has 1 aromatic rings. The molecule has 1 atom stereocenters. The quantitative estimate of drug-likeness (QED) is 0.655. The molecular formula is C18H30N2O. The zero-order chi connectivity index (χ0) is 15.7. The van der Waals surface area contributed by atoms with E-state index in [1.54, 1.807) is 0 Å². The predicted molar refractivity (Wildman–Crippen MR) is 88.0 cm³/mol. The van der Waals surface area contributed by atoms with Gasteiger partial charge in [-0.2, -0.15) is 0 Å². The second kappa shape index (κ2) is 6.07. The average molecular weight is 290 g/mol. The molecule has 0 saturated heterocycles. The molecule has 1 aliphatic carbocycles. The van der Waals surface area contributed by atoms with Crippen molar-refractivity contribution in [3.05, 3.63) is 34.9 Å². The van der Waals surface area contributed by atoms with Crippen LogP contribution >= 0.6 is 0 Å². The Labute approximate surface area is 129 Å². The summed E-state index contributed by atoms with van der Waals surface area (Å²) in [5.74, 6) is 5.95. The minimum atomic E-state index is -0.206. The first-order chi connectivity index (χ1) is 9.83. The Balaban J connectivity index is 2.36. The summed E-state index contributed by atoms with van der Waals surface area (Å²) in [6, 6.07) is 6.60. The highest BCUT2D eigenvalue weighted by Crippen LogP contribution is 2.47. The summed E-state index contributed by atoms with van der Waals surface area (Å²) in [5, 5.41) is 0. The molecule has 3 heteroatoms. The molecule has 0 aliphatic heterocycles. The van der Waals surface area contributed by atoms with Crippen LogP contribution in [0.1, 0.15) is 62.3 Å². The zero-order valence-electron chi connectivity index (χ0n) is 14.1. The number of hydrogen-bond donors (Lipinski definition) is 2. The molecule has 0 amide bonds. The third-order valence-electron chi connectivity index (χ3n) is 5.29. The molecule has 0 bridgehead atoms. The van der Waals surface area contributed by atoms with Crippen LogP contribution in [0.3, 0.4) is 0 Å². The first-order valence-corrected chi connectivity index (χ1v) is 7.92. The molecule has 21 heavy (non-hydrogen) atoms. The molecule has 3 nitrogen and oxygen atoms in total. The van der Waals surface area contributed by atoms with Crippen LogP contribution in [0.4, 0.5) is 0 Å². The van der Waals surface area contributed by atoms with Gasteiger partial charge in [-0.15, -0.1) is 0 Å². The third-order valence-corrected chi connectivity index (χ3v) is 5.29. The smallest absolute Gasteiger partial charge is 0.0885 e. The van der Waals surface area contributed by atoms with E-state index in [1.807, 2.05) is 7.11 Å². The fourth-order valence-corrected chi connectivity index (χ4v) is 3.56. The van der Waals surface area contributed by atoms with Crippen LogP contribution in [0.5, 0.6) is 0 Å². The van der Waals surface area contributed by atoms with Crippen LogP contribution in [0.15, 0.2) is 18.2 Å². The van der Waals surface area contributed by atoms with E-state index in [0.717, 1.165) is 12.8 Å². The lowest BCUT2D eigenvalue weighted by molar-refractivity contribution is -0.0878. The van der Waals surface area contributed by atoms with E-state index in [9.17, 15) is 0 Å². The number of aryl methyl sites for hydroxylation is 2. The van der Waals surface area contributed by atoms with Crippen LogP contribution < -0.4 is 11.3 Å². The van der Waals surface area contributed by atoms with Gasteiger partial charge >= 0.3 is 0 Å². The molecule has 1 fully saturated rings. The van der Waals surface area contributed by atoms with E-state index in [4.69, 9.17) is 10.6 Å². The van der Waals surface area contributed by atoms with Crippen molar-refractivity contribution < 1.29 is 4.74 Å². The van der Waals surface area contributed by atoms with Crippen LogP contribution in [0.2, 0.25) is 0 Å². The van der Waals surface area contributed by atoms with Gasteiger partial charge in [0.15, 0.2) is 0 Å². The number of methoxy groups -OCH3 is 1. The van der Waals surface area contributed by atoms with Gasteiger partial charge in [0.25, 0.3) is 0 Å². The summed E-state index contributed by atoms with van der Waals surface area (Å²) in [4.78, 5) is 0. The number of rotatable bonds is 4. The van der Waals surface area contributed by atoms with Gasteiger partial charge in [-0.05, 0) is 56.1 Å². The van der Waals surface area contributed by atoms with Gasteiger partial charge in [0.1, 0.15) is 0 Å². The van der Waals surface area contributed by atoms with Crippen molar-refractivity contribution in [3.8, 4) is 0 Å². The number of benzene rings is 1. The van der Waals surface area contributed by atoms with Crippen LogP contribution in [0.25, 0.3) is 0 Å². The van der Waals surface area contributed by atoms with Crippen molar-refractivity contribution in [1.82, 2.24) is 5.43 Å². The highest BCUT2D eigenvalue weighted by Gasteiger charge is 2.45. The van der Waals surface area contributed by atoms with Gasteiger partial charge in [0.2, 0.25) is 0 Å².